The maximum absolute atomic E-state index is 13.9. The lowest BCUT2D eigenvalue weighted by Gasteiger charge is -2.31. The van der Waals surface area contributed by atoms with Gasteiger partial charge in [-0.15, -0.1) is 0 Å². The van der Waals surface area contributed by atoms with Crippen molar-refractivity contribution < 1.29 is 4.39 Å². The fourth-order valence-corrected chi connectivity index (χ4v) is 3.28. The fourth-order valence-electron chi connectivity index (χ4n) is 3.28. The smallest absolute Gasteiger partial charge is 0.109 e. The molecule has 0 saturated heterocycles. The molecule has 2 rings (SSSR count). The number of benzene rings is 1. The third-order valence-electron chi connectivity index (χ3n) is 4.15. The molecular weight excluding hydrogens is 225 g/mol. The Morgan fingerprint density at radius 1 is 1.22 bits per heavy atom. The lowest BCUT2D eigenvalue weighted by atomic mass is 9.75. The monoisotopic (exact) mass is 249 g/mol. The van der Waals surface area contributed by atoms with Crippen LogP contribution in [0.15, 0.2) is 24.3 Å². The van der Waals surface area contributed by atoms with Crippen molar-refractivity contribution in [2.24, 2.45) is 5.73 Å². The molecule has 1 aliphatic rings. The predicted molar refractivity (Wildman–Crippen MR) is 74.5 cm³/mol. The summed E-state index contributed by atoms with van der Waals surface area (Å²) in [5, 5.41) is 0. The van der Waals surface area contributed by atoms with Crippen molar-refractivity contribution in [1.82, 2.24) is 0 Å². The maximum atomic E-state index is 13.9. The first kappa shape index (κ1) is 13.5. The summed E-state index contributed by atoms with van der Waals surface area (Å²) in [6.07, 6.45) is 5.25. The molecule has 2 N–H and O–H groups in total. The molecule has 1 fully saturated rings. The molecule has 100 valence electrons. The summed E-state index contributed by atoms with van der Waals surface area (Å²) in [6, 6.07) is 8.27. The second-order valence-electron chi connectivity index (χ2n) is 6.24. The third kappa shape index (κ3) is 2.74. The number of halogens is 1. The van der Waals surface area contributed by atoms with E-state index in [4.69, 9.17) is 5.73 Å². The third-order valence-corrected chi connectivity index (χ3v) is 4.15. The van der Waals surface area contributed by atoms with E-state index in [0.29, 0.717) is 13.0 Å². The Morgan fingerprint density at radius 2 is 1.83 bits per heavy atom. The number of hydrogen-bond donors (Lipinski definition) is 1. The van der Waals surface area contributed by atoms with Gasteiger partial charge in [0.25, 0.3) is 0 Å². The van der Waals surface area contributed by atoms with E-state index in [1.165, 1.54) is 18.4 Å². The molecular formula is C16H24FN. The summed E-state index contributed by atoms with van der Waals surface area (Å²) in [5.74, 6) is 0. The van der Waals surface area contributed by atoms with Crippen LogP contribution in [0.5, 0.6) is 0 Å². The zero-order valence-corrected chi connectivity index (χ0v) is 11.5. The normalized spacial score (nSPS) is 19.1. The lowest BCUT2D eigenvalue weighted by Crippen LogP contribution is -2.34. The molecule has 0 aromatic heterocycles. The Balaban J connectivity index is 2.37. The van der Waals surface area contributed by atoms with Crippen LogP contribution in [0.3, 0.4) is 0 Å². The van der Waals surface area contributed by atoms with Gasteiger partial charge >= 0.3 is 0 Å². The first-order chi connectivity index (χ1) is 8.47. The molecule has 0 spiro atoms. The molecule has 0 bridgehead atoms. The van der Waals surface area contributed by atoms with Crippen molar-refractivity contribution >= 4 is 0 Å². The molecule has 18 heavy (non-hydrogen) atoms. The van der Waals surface area contributed by atoms with Crippen molar-refractivity contribution in [3.8, 4) is 0 Å². The Hall–Kier alpha value is -0.890. The standard InChI is InChI=1S/C16H24FN/c1-15(2,17)11-13-7-3-4-8-14(13)16(12-18)9-5-6-10-16/h3-4,7-8H,5-6,9-12,18H2,1-2H3. The second-order valence-corrected chi connectivity index (χ2v) is 6.24. The lowest BCUT2D eigenvalue weighted by molar-refractivity contribution is 0.215. The Morgan fingerprint density at radius 3 is 2.39 bits per heavy atom. The van der Waals surface area contributed by atoms with E-state index >= 15 is 0 Å². The van der Waals surface area contributed by atoms with Crippen molar-refractivity contribution in [3.05, 3.63) is 35.4 Å². The molecule has 0 atom stereocenters. The fraction of sp³-hybridized carbons (Fsp3) is 0.625. The zero-order valence-electron chi connectivity index (χ0n) is 11.5. The van der Waals surface area contributed by atoms with Crippen LogP contribution in [0, 0.1) is 0 Å². The van der Waals surface area contributed by atoms with Gasteiger partial charge in [-0.25, -0.2) is 4.39 Å². The van der Waals surface area contributed by atoms with Crippen LogP contribution in [0.4, 0.5) is 4.39 Å². The summed E-state index contributed by atoms with van der Waals surface area (Å²) in [7, 11) is 0. The molecule has 1 aromatic rings. The Bertz CT molecular complexity index is 400. The predicted octanol–water partition coefficient (Wildman–Crippen LogP) is 3.75. The summed E-state index contributed by atoms with van der Waals surface area (Å²) in [5.41, 5.74) is 7.40. The van der Waals surface area contributed by atoms with Gasteiger partial charge in [-0.1, -0.05) is 37.1 Å². The average molecular weight is 249 g/mol. The van der Waals surface area contributed by atoms with Crippen molar-refractivity contribution in [3.63, 3.8) is 0 Å². The van der Waals surface area contributed by atoms with Crippen LogP contribution >= 0.6 is 0 Å². The van der Waals surface area contributed by atoms with E-state index in [0.717, 1.165) is 18.4 Å². The highest BCUT2D eigenvalue weighted by molar-refractivity contribution is 5.36. The Labute approximate surface area is 110 Å². The van der Waals surface area contributed by atoms with E-state index in [9.17, 15) is 4.39 Å². The minimum absolute atomic E-state index is 0.0991. The van der Waals surface area contributed by atoms with Crippen LogP contribution in [0.1, 0.15) is 50.7 Å². The topological polar surface area (TPSA) is 26.0 Å². The van der Waals surface area contributed by atoms with Crippen molar-refractivity contribution in [2.75, 3.05) is 6.54 Å². The maximum Gasteiger partial charge on any atom is 0.109 e. The van der Waals surface area contributed by atoms with Gasteiger partial charge in [-0.05, 0) is 37.8 Å². The van der Waals surface area contributed by atoms with E-state index in [2.05, 4.69) is 18.2 Å². The summed E-state index contributed by atoms with van der Waals surface area (Å²) in [4.78, 5) is 0. The van der Waals surface area contributed by atoms with Gasteiger partial charge in [0.15, 0.2) is 0 Å². The molecule has 0 amide bonds. The Kier molecular flexibility index (Phi) is 3.76. The van der Waals surface area contributed by atoms with Crippen LogP contribution in [0.2, 0.25) is 0 Å². The molecule has 1 aromatic carbocycles. The first-order valence-electron chi connectivity index (χ1n) is 6.94. The minimum atomic E-state index is -1.16. The summed E-state index contributed by atoms with van der Waals surface area (Å²) in [6.45, 7) is 3.97. The number of hydrogen-bond acceptors (Lipinski definition) is 1. The van der Waals surface area contributed by atoms with Gasteiger partial charge in [0.1, 0.15) is 5.67 Å². The molecule has 1 nitrogen and oxygen atoms in total. The number of alkyl halides is 1. The van der Waals surface area contributed by atoms with Crippen LogP contribution in [-0.4, -0.2) is 12.2 Å². The van der Waals surface area contributed by atoms with Crippen LogP contribution < -0.4 is 5.73 Å². The highest BCUT2D eigenvalue weighted by atomic mass is 19.1. The molecule has 1 aliphatic carbocycles. The van der Waals surface area contributed by atoms with Gasteiger partial charge in [-0.2, -0.15) is 0 Å². The largest absolute Gasteiger partial charge is 0.330 e. The van der Waals surface area contributed by atoms with Crippen molar-refractivity contribution in [1.29, 1.82) is 0 Å². The van der Waals surface area contributed by atoms with E-state index < -0.39 is 5.67 Å². The molecule has 2 heteroatoms. The number of nitrogens with two attached hydrogens (primary N) is 1. The van der Waals surface area contributed by atoms with Crippen LogP contribution in [0.25, 0.3) is 0 Å². The summed E-state index contributed by atoms with van der Waals surface area (Å²) < 4.78 is 13.9. The van der Waals surface area contributed by atoms with Crippen molar-refractivity contribution in [2.45, 2.75) is 57.0 Å². The molecule has 0 unspecified atom stereocenters. The van der Waals surface area contributed by atoms with E-state index in [1.54, 1.807) is 13.8 Å². The minimum Gasteiger partial charge on any atom is -0.330 e. The molecule has 0 aliphatic heterocycles. The highest BCUT2D eigenvalue weighted by Gasteiger charge is 2.36. The van der Waals surface area contributed by atoms with Gasteiger partial charge in [0.05, 0.1) is 0 Å². The SMILES string of the molecule is CC(C)(F)Cc1ccccc1C1(CN)CCCC1. The second kappa shape index (κ2) is 5.00. The van der Waals surface area contributed by atoms with Crippen LogP contribution in [-0.2, 0) is 11.8 Å². The van der Waals surface area contributed by atoms with Gasteiger partial charge in [0.2, 0.25) is 0 Å². The molecule has 1 saturated carbocycles. The molecule has 0 heterocycles. The quantitative estimate of drug-likeness (QED) is 0.864. The first-order valence-corrected chi connectivity index (χ1v) is 6.94. The van der Waals surface area contributed by atoms with Gasteiger partial charge in [0, 0.05) is 18.4 Å². The zero-order chi connectivity index (χ0) is 13.2. The summed E-state index contributed by atoms with van der Waals surface area (Å²) >= 11 is 0. The van der Waals surface area contributed by atoms with E-state index in [-0.39, 0.29) is 5.41 Å². The average Bonchev–Trinajstić information content (AvgIpc) is 2.77. The van der Waals surface area contributed by atoms with E-state index in [1.807, 2.05) is 6.07 Å². The van der Waals surface area contributed by atoms with Gasteiger partial charge < -0.3 is 5.73 Å². The molecule has 0 radical (unpaired) electrons. The number of rotatable bonds is 4. The highest BCUT2D eigenvalue weighted by Crippen LogP contribution is 2.42. The van der Waals surface area contributed by atoms with Gasteiger partial charge in [-0.3, -0.25) is 0 Å².